The Morgan fingerprint density at radius 3 is 2.05 bits per heavy atom. The second kappa shape index (κ2) is 7.41. The van der Waals surface area contributed by atoms with Crippen molar-refractivity contribution in [3.63, 3.8) is 0 Å². The number of rotatable bonds is 6. The molecule has 0 bridgehead atoms. The van der Waals surface area contributed by atoms with Gasteiger partial charge in [-0.25, -0.2) is 0 Å². The number of benzene rings is 2. The molecular weight excluding hydrogens is 371 g/mol. The van der Waals surface area contributed by atoms with Crippen LogP contribution in [0.1, 0.15) is 37.8 Å². The summed E-state index contributed by atoms with van der Waals surface area (Å²) in [5.74, 6) is 0. The van der Waals surface area contributed by atoms with Gasteiger partial charge < -0.3 is 5.11 Å². The molecule has 2 rings (SSSR count). The first kappa shape index (κ1) is 16.5. The van der Waals surface area contributed by atoms with Crippen LogP contribution in [0.5, 0.6) is 0 Å². The number of aliphatic hydroxyl groups excluding tert-OH is 1. The van der Waals surface area contributed by atoms with E-state index in [1.807, 2.05) is 6.07 Å². The van der Waals surface area contributed by atoms with Crippen LogP contribution in [0.3, 0.4) is 0 Å². The van der Waals surface area contributed by atoms with E-state index in [0.717, 1.165) is 12.8 Å². The summed E-state index contributed by atoms with van der Waals surface area (Å²) < 4.78 is 1.23. The molecule has 1 unspecified atom stereocenters. The lowest BCUT2D eigenvalue weighted by Gasteiger charge is -2.37. The average molecular weight is 394 g/mol. The summed E-state index contributed by atoms with van der Waals surface area (Å²) in [6.45, 7) is 4.35. The average Bonchev–Trinajstić information content (AvgIpc) is 2.52. The minimum absolute atomic E-state index is 0.162. The van der Waals surface area contributed by atoms with Gasteiger partial charge in [0.25, 0.3) is 0 Å². The van der Waals surface area contributed by atoms with Crippen molar-refractivity contribution in [2.75, 3.05) is 0 Å². The lowest BCUT2D eigenvalue weighted by molar-refractivity contribution is 0.0734. The van der Waals surface area contributed by atoms with Crippen molar-refractivity contribution in [1.29, 1.82) is 0 Å². The SMILES string of the molecule is CCC(CC)(c1ccccc1)C(O)Cc1ccc(I)cc1. The van der Waals surface area contributed by atoms with E-state index in [1.165, 1.54) is 14.7 Å². The molecule has 0 aromatic heterocycles. The second-order valence-electron chi connectivity index (χ2n) is 5.58. The summed E-state index contributed by atoms with van der Waals surface area (Å²) in [7, 11) is 0. The molecule has 2 heteroatoms. The molecule has 0 saturated heterocycles. The first-order chi connectivity index (χ1) is 10.1. The molecular formula is C19H23IO. The van der Waals surface area contributed by atoms with Gasteiger partial charge in [-0.15, -0.1) is 0 Å². The Hall–Kier alpha value is -0.870. The number of hydrogen-bond acceptors (Lipinski definition) is 1. The van der Waals surface area contributed by atoms with Crippen molar-refractivity contribution in [2.45, 2.75) is 44.6 Å². The largest absolute Gasteiger partial charge is 0.392 e. The predicted octanol–water partition coefficient (Wildman–Crippen LogP) is 4.95. The third kappa shape index (κ3) is 3.67. The van der Waals surface area contributed by atoms with Crippen LogP contribution < -0.4 is 0 Å². The van der Waals surface area contributed by atoms with Gasteiger partial charge in [0.05, 0.1) is 6.10 Å². The van der Waals surface area contributed by atoms with E-state index in [1.54, 1.807) is 0 Å². The van der Waals surface area contributed by atoms with Gasteiger partial charge in [-0.2, -0.15) is 0 Å². The van der Waals surface area contributed by atoms with Crippen molar-refractivity contribution in [3.05, 3.63) is 69.3 Å². The van der Waals surface area contributed by atoms with Crippen LogP contribution in [0.25, 0.3) is 0 Å². The molecule has 1 N–H and O–H groups in total. The Balaban J connectivity index is 2.27. The topological polar surface area (TPSA) is 20.2 Å². The molecule has 0 fully saturated rings. The smallest absolute Gasteiger partial charge is 0.0676 e. The van der Waals surface area contributed by atoms with Crippen molar-refractivity contribution >= 4 is 22.6 Å². The van der Waals surface area contributed by atoms with Gasteiger partial charge in [-0.05, 0) is 65.1 Å². The van der Waals surface area contributed by atoms with Crippen LogP contribution in [0.2, 0.25) is 0 Å². The van der Waals surface area contributed by atoms with Crippen molar-refractivity contribution < 1.29 is 5.11 Å². The second-order valence-corrected chi connectivity index (χ2v) is 6.82. The molecule has 0 radical (unpaired) electrons. The van der Waals surface area contributed by atoms with Gasteiger partial charge >= 0.3 is 0 Å². The Morgan fingerprint density at radius 1 is 0.952 bits per heavy atom. The van der Waals surface area contributed by atoms with Crippen LogP contribution in [0.4, 0.5) is 0 Å². The number of aliphatic hydroxyl groups is 1. The maximum Gasteiger partial charge on any atom is 0.0676 e. The van der Waals surface area contributed by atoms with Gasteiger partial charge in [0.15, 0.2) is 0 Å². The summed E-state index contributed by atoms with van der Waals surface area (Å²) in [5.41, 5.74) is 2.28. The van der Waals surface area contributed by atoms with Crippen LogP contribution in [-0.4, -0.2) is 11.2 Å². The number of halogens is 1. The van der Waals surface area contributed by atoms with E-state index in [4.69, 9.17) is 0 Å². The van der Waals surface area contributed by atoms with E-state index < -0.39 is 0 Å². The fourth-order valence-electron chi connectivity index (χ4n) is 3.13. The standard InChI is InChI=1S/C19H23IO/c1-3-19(4-2,16-8-6-5-7-9-16)18(21)14-15-10-12-17(20)13-11-15/h5-13,18,21H,3-4,14H2,1-2H3. The van der Waals surface area contributed by atoms with Crippen LogP contribution in [0, 0.1) is 3.57 Å². The highest BCUT2D eigenvalue weighted by Gasteiger charge is 2.36. The predicted molar refractivity (Wildman–Crippen MR) is 97.6 cm³/mol. The summed E-state index contributed by atoms with van der Waals surface area (Å²) in [5, 5.41) is 10.9. The maximum atomic E-state index is 10.9. The normalized spacial score (nSPS) is 13.1. The van der Waals surface area contributed by atoms with Gasteiger partial charge in [0.1, 0.15) is 0 Å². The molecule has 0 heterocycles. The van der Waals surface area contributed by atoms with Crippen LogP contribution in [-0.2, 0) is 11.8 Å². The lowest BCUT2D eigenvalue weighted by atomic mass is 9.70. The van der Waals surface area contributed by atoms with E-state index in [9.17, 15) is 5.11 Å². The summed E-state index contributed by atoms with van der Waals surface area (Å²) in [4.78, 5) is 0. The molecule has 0 aliphatic heterocycles. The zero-order valence-electron chi connectivity index (χ0n) is 12.7. The minimum atomic E-state index is -0.366. The Morgan fingerprint density at radius 2 is 1.52 bits per heavy atom. The molecule has 1 atom stereocenters. The maximum absolute atomic E-state index is 10.9. The summed E-state index contributed by atoms with van der Waals surface area (Å²) >= 11 is 2.31. The van der Waals surface area contributed by atoms with Gasteiger partial charge in [-0.3, -0.25) is 0 Å². The third-order valence-corrected chi connectivity index (χ3v) is 5.31. The Kier molecular flexibility index (Phi) is 5.82. The van der Waals surface area contributed by atoms with E-state index in [0.29, 0.717) is 6.42 Å². The molecule has 2 aromatic carbocycles. The first-order valence-electron chi connectivity index (χ1n) is 7.60. The van der Waals surface area contributed by atoms with E-state index in [2.05, 4.69) is 85.0 Å². The fourth-order valence-corrected chi connectivity index (χ4v) is 3.49. The lowest BCUT2D eigenvalue weighted by Crippen LogP contribution is -2.40. The quantitative estimate of drug-likeness (QED) is 0.688. The molecule has 1 nitrogen and oxygen atoms in total. The molecule has 0 aliphatic carbocycles. The Bertz CT molecular complexity index is 544. The first-order valence-corrected chi connectivity index (χ1v) is 8.68. The number of hydrogen-bond donors (Lipinski definition) is 1. The zero-order chi connectivity index (χ0) is 15.3. The monoisotopic (exact) mass is 394 g/mol. The highest BCUT2D eigenvalue weighted by atomic mass is 127. The zero-order valence-corrected chi connectivity index (χ0v) is 14.9. The van der Waals surface area contributed by atoms with Crippen molar-refractivity contribution in [1.82, 2.24) is 0 Å². The van der Waals surface area contributed by atoms with Crippen molar-refractivity contribution in [2.24, 2.45) is 0 Å². The van der Waals surface area contributed by atoms with E-state index >= 15 is 0 Å². The third-order valence-electron chi connectivity index (χ3n) is 4.59. The van der Waals surface area contributed by atoms with Crippen LogP contribution in [0.15, 0.2) is 54.6 Å². The highest BCUT2D eigenvalue weighted by molar-refractivity contribution is 14.1. The van der Waals surface area contributed by atoms with Gasteiger partial charge in [0, 0.05) is 8.99 Å². The summed E-state index contributed by atoms with van der Waals surface area (Å²) in [6, 6.07) is 18.9. The molecule has 0 amide bonds. The van der Waals surface area contributed by atoms with Gasteiger partial charge in [0.2, 0.25) is 0 Å². The minimum Gasteiger partial charge on any atom is -0.392 e. The Labute approximate surface area is 141 Å². The molecule has 21 heavy (non-hydrogen) atoms. The summed E-state index contributed by atoms with van der Waals surface area (Å²) in [6.07, 6.45) is 2.22. The molecule has 0 saturated carbocycles. The molecule has 0 aliphatic rings. The molecule has 0 spiro atoms. The van der Waals surface area contributed by atoms with Crippen LogP contribution >= 0.6 is 22.6 Å². The fraction of sp³-hybridized carbons (Fsp3) is 0.368. The molecule has 112 valence electrons. The molecule has 2 aromatic rings. The van der Waals surface area contributed by atoms with Gasteiger partial charge in [-0.1, -0.05) is 56.3 Å². The van der Waals surface area contributed by atoms with E-state index in [-0.39, 0.29) is 11.5 Å². The highest BCUT2D eigenvalue weighted by Crippen LogP contribution is 2.36. The van der Waals surface area contributed by atoms with Crippen molar-refractivity contribution in [3.8, 4) is 0 Å².